The Balaban J connectivity index is 1.88. The lowest BCUT2D eigenvalue weighted by molar-refractivity contribution is 0.0477. The van der Waals surface area contributed by atoms with Gasteiger partial charge in [0.1, 0.15) is 0 Å². The molecule has 5 heteroatoms. The zero-order valence-electron chi connectivity index (χ0n) is 15.8. The van der Waals surface area contributed by atoms with E-state index in [0.29, 0.717) is 12.2 Å². The van der Waals surface area contributed by atoms with E-state index in [-0.39, 0.29) is 5.41 Å². The van der Waals surface area contributed by atoms with Crippen molar-refractivity contribution in [2.75, 3.05) is 19.6 Å². The Hall–Kier alpha value is -1.59. The predicted octanol–water partition coefficient (Wildman–Crippen LogP) is 2.82. The van der Waals surface area contributed by atoms with Crippen LogP contribution in [0.4, 0.5) is 0 Å². The van der Waals surface area contributed by atoms with E-state index in [2.05, 4.69) is 21.6 Å². The maximum atomic E-state index is 10.5. The molecule has 0 radical (unpaired) electrons. The van der Waals surface area contributed by atoms with E-state index >= 15 is 0 Å². The SMILES string of the molecule is CC(C)(C)C(O)Cn1c(=N)n(CCN2CCCCC2)c2ccccc21. The van der Waals surface area contributed by atoms with Crippen molar-refractivity contribution in [2.24, 2.45) is 5.41 Å². The van der Waals surface area contributed by atoms with E-state index in [1.165, 1.54) is 32.4 Å². The molecule has 0 bridgehead atoms. The zero-order chi connectivity index (χ0) is 18.0. The number of hydrogen-bond acceptors (Lipinski definition) is 3. The molecule has 1 aliphatic rings. The van der Waals surface area contributed by atoms with Crippen LogP contribution >= 0.6 is 0 Å². The Kier molecular flexibility index (Phi) is 5.35. The topological polar surface area (TPSA) is 57.2 Å². The predicted molar refractivity (Wildman–Crippen MR) is 102 cm³/mol. The van der Waals surface area contributed by atoms with Crippen molar-refractivity contribution in [1.29, 1.82) is 5.41 Å². The zero-order valence-corrected chi connectivity index (χ0v) is 15.8. The molecule has 0 amide bonds. The molecule has 5 nitrogen and oxygen atoms in total. The van der Waals surface area contributed by atoms with E-state index in [0.717, 1.165) is 24.1 Å². The number of aromatic nitrogens is 2. The maximum Gasteiger partial charge on any atom is 0.203 e. The molecule has 3 rings (SSSR count). The summed E-state index contributed by atoms with van der Waals surface area (Å²) in [5, 5.41) is 19.2. The fourth-order valence-corrected chi connectivity index (χ4v) is 3.58. The molecule has 1 aromatic heterocycles. The third-order valence-electron chi connectivity index (χ3n) is 5.42. The highest BCUT2D eigenvalue weighted by atomic mass is 16.3. The Labute approximate surface area is 150 Å². The second-order valence-electron chi connectivity index (χ2n) is 8.36. The van der Waals surface area contributed by atoms with Crippen molar-refractivity contribution in [3.05, 3.63) is 29.9 Å². The summed E-state index contributed by atoms with van der Waals surface area (Å²) in [7, 11) is 0. The summed E-state index contributed by atoms with van der Waals surface area (Å²) < 4.78 is 4.06. The highest BCUT2D eigenvalue weighted by Gasteiger charge is 2.24. The number of nitrogens with one attached hydrogen (secondary N) is 1. The summed E-state index contributed by atoms with van der Waals surface area (Å²) in [4.78, 5) is 2.51. The van der Waals surface area contributed by atoms with E-state index in [1.807, 2.05) is 37.5 Å². The van der Waals surface area contributed by atoms with Gasteiger partial charge in [0.25, 0.3) is 0 Å². The maximum absolute atomic E-state index is 10.5. The minimum atomic E-state index is -0.483. The molecule has 1 fully saturated rings. The Morgan fingerprint density at radius 2 is 1.60 bits per heavy atom. The van der Waals surface area contributed by atoms with Crippen LogP contribution in [0.25, 0.3) is 11.0 Å². The van der Waals surface area contributed by atoms with Crippen LogP contribution in [-0.4, -0.2) is 44.9 Å². The smallest absolute Gasteiger partial charge is 0.203 e. The second-order valence-corrected chi connectivity index (χ2v) is 8.36. The average molecular weight is 345 g/mol. The van der Waals surface area contributed by atoms with Gasteiger partial charge in [0, 0.05) is 13.1 Å². The fraction of sp³-hybridized carbons (Fsp3) is 0.650. The molecule has 138 valence electrons. The Bertz CT molecular complexity index is 762. The number of aliphatic hydroxyl groups is 1. The number of piperidine rings is 1. The summed E-state index contributed by atoms with van der Waals surface area (Å²) >= 11 is 0. The van der Waals surface area contributed by atoms with Gasteiger partial charge in [0.2, 0.25) is 5.62 Å². The number of para-hydroxylation sites is 2. The minimum Gasteiger partial charge on any atom is -0.391 e. The van der Waals surface area contributed by atoms with Crippen molar-refractivity contribution < 1.29 is 5.11 Å². The van der Waals surface area contributed by atoms with Crippen LogP contribution in [0.2, 0.25) is 0 Å². The lowest BCUT2D eigenvalue weighted by Gasteiger charge is -2.26. The van der Waals surface area contributed by atoms with Crippen LogP contribution < -0.4 is 5.62 Å². The first-order chi connectivity index (χ1) is 11.9. The first-order valence-electron chi connectivity index (χ1n) is 9.51. The van der Waals surface area contributed by atoms with Gasteiger partial charge in [-0.15, -0.1) is 0 Å². The van der Waals surface area contributed by atoms with Gasteiger partial charge in [-0.3, -0.25) is 5.41 Å². The number of nitrogens with zero attached hydrogens (tertiary/aromatic N) is 3. The van der Waals surface area contributed by atoms with E-state index in [4.69, 9.17) is 5.41 Å². The standard InChI is InChI=1S/C20H32N4O/c1-20(2,3)18(25)15-24-17-10-6-5-9-16(17)23(19(24)21)14-13-22-11-7-4-8-12-22/h5-6,9-10,18,21,25H,4,7-8,11-15H2,1-3H3. The normalized spacial score (nSPS) is 17.9. The second kappa shape index (κ2) is 7.34. The van der Waals surface area contributed by atoms with Crippen molar-refractivity contribution in [2.45, 2.75) is 59.2 Å². The van der Waals surface area contributed by atoms with Gasteiger partial charge in [-0.25, -0.2) is 0 Å². The molecule has 1 aromatic carbocycles. The summed E-state index contributed by atoms with van der Waals surface area (Å²) in [6.45, 7) is 10.8. The molecule has 2 heterocycles. The third-order valence-corrected chi connectivity index (χ3v) is 5.42. The molecule has 0 saturated carbocycles. The average Bonchev–Trinajstić information content (AvgIpc) is 2.85. The van der Waals surface area contributed by atoms with Gasteiger partial charge in [0.15, 0.2) is 0 Å². The fourth-order valence-electron chi connectivity index (χ4n) is 3.58. The van der Waals surface area contributed by atoms with Gasteiger partial charge in [-0.2, -0.15) is 0 Å². The Morgan fingerprint density at radius 1 is 1.00 bits per heavy atom. The molecule has 2 aromatic rings. The quantitative estimate of drug-likeness (QED) is 0.876. The number of fused-ring (bicyclic) bond motifs is 1. The van der Waals surface area contributed by atoms with Crippen LogP contribution in [0.5, 0.6) is 0 Å². The van der Waals surface area contributed by atoms with Crippen molar-refractivity contribution in [1.82, 2.24) is 14.0 Å². The first-order valence-corrected chi connectivity index (χ1v) is 9.51. The van der Waals surface area contributed by atoms with Crippen LogP contribution in [0, 0.1) is 10.8 Å². The number of rotatable bonds is 5. The molecule has 1 aliphatic heterocycles. The molecule has 25 heavy (non-hydrogen) atoms. The molecular formula is C20H32N4O. The summed E-state index contributed by atoms with van der Waals surface area (Å²) in [5.41, 5.74) is 2.41. The molecular weight excluding hydrogens is 312 g/mol. The van der Waals surface area contributed by atoms with Gasteiger partial charge in [-0.05, 0) is 43.5 Å². The molecule has 0 spiro atoms. The van der Waals surface area contributed by atoms with E-state index in [9.17, 15) is 5.11 Å². The van der Waals surface area contributed by atoms with Crippen molar-refractivity contribution >= 4 is 11.0 Å². The number of aliphatic hydroxyl groups excluding tert-OH is 1. The number of hydrogen-bond donors (Lipinski definition) is 2. The summed E-state index contributed by atoms with van der Waals surface area (Å²) in [6.07, 6.45) is 3.44. The largest absolute Gasteiger partial charge is 0.391 e. The molecule has 0 aliphatic carbocycles. The summed E-state index contributed by atoms with van der Waals surface area (Å²) in [6, 6.07) is 8.18. The van der Waals surface area contributed by atoms with Gasteiger partial charge >= 0.3 is 0 Å². The van der Waals surface area contributed by atoms with E-state index in [1.54, 1.807) is 0 Å². The van der Waals surface area contributed by atoms with Crippen LogP contribution in [0.3, 0.4) is 0 Å². The lowest BCUT2D eigenvalue weighted by atomic mass is 9.89. The van der Waals surface area contributed by atoms with Crippen LogP contribution in [-0.2, 0) is 13.1 Å². The number of benzene rings is 1. The molecule has 1 unspecified atom stereocenters. The highest BCUT2D eigenvalue weighted by molar-refractivity contribution is 5.75. The number of imidazole rings is 1. The van der Waals surface area contributed by atoms with Crippen LogP contribution in [0.1, 0.15) is 40.0 Å². The minimum absolute atomic E-state index is 0.198. The van der Waals surface area contributed by atoms with Crippen molar-refractivity contribution in [3.8, 4) is 0 Å². The van der Waals surface area contributed by atoms with Crippen molar-refractivity contribution in [3.63, 3.8) is 0 Å². The van der Waals surface area contributed by atoms with Gasteiger partial charge < -0.3 is 19.1 Å². The Morgan fingerprint density at radius 3 is 2.20 bits per heavy atom. The van der Waals surface area contributed by atoms with Gasteiger partial charge in [0.05, 0.1) is 23.7 Å². The monoisotopic (exact) mass is 344 g/mol. The third kappa shape index (κ3) is 3.98. The molecule has 2 N–H and O–H groups in total. The molecule has 1 saturated heterocycles. The first kappa shape index (κ1) is 18.2. The van der Waals surface area contributed by atoms with Crippen LogP contribution in [0.15, 0.2) is 24.3 Å². The lowest BCUT2D eigenvalue weighted by Crippen LogP contribution is -2.37. The molecule has 1 atom stereocenters. The van der Waals surface area contributed by atoms with E-state index < -0.39 is 6.10 Å². The summed E-state index contributed by atoms with van der Waals surface area (Å²) in [5.74, 6) is 0. The number of likely N-dealkylation sites (tertiary alicyclic amines) is 1. The highest BCUT2D eigenvalue weighted by Crippen LogP contribution is 2.22. The van der Waals surface area contributed by atoms with Gasteiger partial charge in [-0.1, -0.05) is 39.3 Å².